The van der Waals surface area contributed by atoms with Gasteiger partial charge in [0.15, 0.2) is 0 Å². The minimum Gasteiger partial charge on any atom is -0.507 e. The van der Waals surface area contributed by atoms with Gasteiger partial charge in [-0.25, -0.2) is 0 Å². The molecule has 1 aromatic heterocycles. The monoisotopic (exact) mass is 271 g/mol. The van der Waals surface area contributed by atoms with Crippen molar-refractivity contribution in [3.8, 4) is 16.9 Å². The molecule has 20 heavy (non-hydrogen) atoms. The molecule has 0 amide bonds. The first-order valence-electron chi connectivity index (χ1n) is 7.12. The van der Waals surface area contributed by atoms with E-state index in [4.69, 9.17) is 0 Å². The number of phenolic OH excluding ortho intramolecular Hbond substituents is 1. The molecule has 0 unspecified atom stereocenters. The van der Waals surface area contributed by atoms with Crippen molar-refractivity contribution in [2.75, 3.05) is 0 Å². The standard InChI is InChI=1S/C18H25NO/c1-17(2,3)14-9-13(12-7-8-19-11-12)10-15(16(14)20)18(4,5)6/h7-11,19-20H,1-6H3. The summed E-state index contributed by atoms with van der Waals surface area (Å²) in [5.74, 6) is 0.435. The van der Waals surface area contributed by atoms with E-state index in [1.807, 2.05) is 12.4 Å². The lowest BCUT2D eigenvalue weighted by Gasteiger charge is -2.28. The second-order valence-electron chi connectivity index (χ2n) is 7.52. The Morgan fingerprint density at radius 2 is 1.35 bits per heavy atom. The molecule has 0 aliphatic heterocycles. The number of rotatable bonds is 1. The van der Waals surface area contributed by atoms with E-state index in [9.17, 15) is 5.11 Å². The molecule has 1 aromatic carbocycles. The van der Waals surface area contributed by atoms with E-state index in [-0.39, 0.29) is 10.8 Å². The number of benzene rings is 1. The molecule has 0 saturated heterocycles. The van der Waals surface area contributed by atoms with Gasteiger partial charge in [-0.05, 0) is 40.2 Å². The zero-order valence-electron chi connectivity index (χ0n) is 13.3. The molecule has 0 fully saturated rings. The lowest BCUT2D eigenvalue weighted by atomic mass is 9.78. The van der Waals surface area contributed by atoms with Crippen LogP contribution >= 0.6 is 0 Å². The molecule has 0 bridgehead atoms. The average Bonchev–Trinajstić information content (AvgIpc) is 2.79. The van der Waals surface area contributed by atoms with E-state index in [1.165, 1.54) is 0 Å². The number of aromatic nitrogens is 1. The van der Waals surface area contributed by atoms with Crippen LogP contribution in [0.2, 0.25) is 0 Å². The molecule has 0 aliphatic rings. The Morgan fingerprint density at radius 1 is 0.850 bits per heavy atom. The van der Waals surface area contributed by atoms with E-state index in [0.717, 1.165) is 22.3 Å². The van der Waals surface area contributed by atoms with Gasteiger partial charge >= 0.3 is 0 Å². The van der Waals surface area contributed by atoms with Crippen molar-refractivity contribution in [3.05, 3.63) is 41.7 Å². The Labute approximate surface area is 121 Å². The van der Waals surface area contributed by atoms with Crippen LogP contribution in [0.4, 0.5) is 0 Å². The van der Waals surface area contributed by atoms with Gasteiger partial charge in [0.25, 0.3) is 0 Å². The Hall–Kier alpha value is -1.70. The number of aromatic amines is 1. The van der Waals surface area contributed by atoms with Crippen LogP contribution in [0, 0.1) is 0 Å². The maximum absolute atomic E-state index is 10.7. The summed E-state index contributed by atoms with van der Waals surface area (Å²) in [5, 5.41) is 10.7. The van der Waals surface area contributed by atoms with E-state index in [0.29, 0.717) is 5.75 Å². The van der Waals surface area contributed by atoms with Gasteiger partial charge in [-0.2, -0.15) is 0 Å². The van der Waals surface area contributed by atoms with Crippen LogP contribution in [0.15, 0.2) is 30.6 Å². The molecule has 2 heteroatoms. The highest BCUT2D eigenvalue weighted by Crippen LogP contribution is 2.41. The first-order chi connectivity index (χ1) is 9.10. The molecule has 2 N–H and O–H groups in total. The lowest BCUT2D eigenvalue weighted by molar-refractivity contribution is 0.423. The molecule has 2 aromatic rings. The highest BCUT2D eigenvalue weighted by molar-refractivity contribution is 5.68. The first-order valence-corrected chi connectivity index (χ1v) is 7.12. The summed E-state index contributed by atoms with van der Waals surface area (Å²) >= 11 is 0. The van der Waals surface area contributed by atoms with Gasteiger partial charge in [0.2, 0.25) is 0 Å². The summed E-state index contributed by atoms with van der Waals surface area (Å²) in [6, 6.07) is 6.27. The van der Waals surface area contributed by atoms with Crippen LogP contribution < -0.4 is 0 Å². The number of hydrogen-bond donors (Lipinski definition) is 2. The van der Waals surface area contributed by atoms with Gasteiger partial charge in [-0.1, -0.05) is 41.5 Å². The number of H-pyrrole nitrogens is 1. The van der Waals surface area contributed by atoms with E-state index in [2.05, 4.69) is 64.7 Å². The number of aromatic hydroxyl groups is 1. The second kappa shape index (κ2) is 4.69. The second-order valence-corrected chi connectivity index (χ2v) is 7.52. The molecular weight excluding hydrogens is 246 g/mol. The molecule has 1 heterocycles. The molecule has 0 atom stereocenters. The van der Waals surface area contributed by atoms with E-state index >= 15 is 0 Å². The van der Waals surface area contributed by atoms with Crippen LogP contribution in [-0.4, -0.2) is 10.1 Å². The largest absolute Gasteiger partial charge is 0.507 e. The third kappa shape index (κ3) is 2.74. The van der Waals surface area contributed by atoms with Crippen molar-refractivity contribution in [1.82, 2.24) is 4.98 Å². The molecule has 108 valence electrons. The van der Waals surface area contributed by atoms with Gasteiger partial charge in [0.05, 0.1) is 0 Å². The van der Waals surface area contributed by atoms with Crippen molar-refractivity contribution in [2.24, 2.45) is 0 Å². The minimum atomic E-state index is -0.0869. The summed E-state index contributed by atoms with van der Waals surface area (Å²) in [6.45, 7) is 12.8. The predicted molar refractivity (Wildman–Crippen MR) is 85.3 cm³/mol. The zero-order chi connectivity index (χ0) is 15.1. The van der Waals surface area contributed by atoms with Crippen molar-refractivity contribution in [1.29, 1.82) is 0 Å². The highest BCUT2D eigenvalue weighted by atomic mass is 16.3. The van der Waals surface area contributed by atoms with Crippen LogP contribution in [0.25, 0.3) is 11.1 Å². The molecule has 0 saturated carbocycles. The Morgan fingerprint density at radius 3 is 1.70 bits per heavy atom. The maximum Gasteiger partial charge on any atom is 0.123 e. The maximum atomic E-state index is 10.7. The highest BCUT2D eigenvalue weighted by Gasteiger charge is 2.26. The molecule has 0 aliphatic carbocycles. The van der Waals surface area contributed by atoms with Gasteiger partial charge in [0, 0.05) is 23.5 Å². The third-order valence-electron chi connectivity index (χ3n) is 3.66. The Bertz CT molecular complexity index is 560. The fourth-order valence-electron chi connectivity index (χ4n) is 2.45. The lowest BCUT2D eigenvalue weighted by Crippen LogP contribution is -2.17. The summed E-state index contributed by atoms with van der Waals surface area (Å²) < 4.78 is 0. The fraction of sp³-hybridized carbons (Fsp3) is 0.444. The summed E-state index contributed by atoms with van der Waals surface area (Å²) in [5.41, 5.74) is 4.13. The molecular formula is C18H25NO. The van der Waals surface area contributed by atoms with Crippen LogP contribution in [0.5, 0.6) is 5.75 Å². The van der Waals surface area contributed by atoms with Gasteiger partial charge in [0.1, 0.15) is 5.75 Å². The van der Waals surface area contributed by atoms with E-state index in [1.54, 1.807) is 0 Å². The van der Waals surface area contributed by atoms with Crippen molar-refractivity contribution in [2.45, 2.75) is 52.4 Å². The van der Waals surface area contributed by atoms with E-state index < -0.39 is 0 Å². The average molecular weight is 271 g/mol. The number of phenols is 1. The normalized spacial score (nSPS) is 12.7. The fourth-order valence-corrected chi connectivity index (χ4v) is 2.45. The SMILES string of the molecule is CC(C)(C)c1cc(-c2cc[nH]c2)cc(C(C)(C)C)c1O. The third-order valence-corrected chi connectivity index (χ3v) is 3.66. The molecule has 2 rings (SSSR count). The van der Waals surface area contributed by atoms with Crippen molar-refractivity contribution >= 4 is 0 Å². The molecule has 0 spiro atoms. The number of nitrogens with one attached hydrogen (secondary N) is 1. The van der Waals surface area contributed by atoms with Gasteiger partial charge in [-0.3, -0.25) is 0 Å². The van der Waals surface area contributed by atoms with Crippen molar-refractivity contribution in [3.63, 3.8) is 0 Å². The smallest absolute Gasteiger partial charge is 0.123 e. The van der Waals surface area contributed by atoms with Gasteiger partial charge in [-0.15, -0.1) is 0 Å². The Kier molecular flexibility index (Phi) is 3.45. The van der Waals surface area contributed by atoms with Gasteiger partial charge < -0.3 is 10.1 Å². The zero-order valence-corrected chi connectivity index (χ0v) is 13.3. The summed E-state index contributed by atoms with van der Waals surface area (Å²) in [4.78, 5) is 3.10. The topological polar surface area (TPSA) is 36.0 Å². The van der Waals surface area contributed by atoms with Crippen LogP contribution in [0.1, 0.15) is 52.7 Å². The minimum absolute atomic E-state index is 0.0869. The van der Waals surface area contributed by atoms with Crippen LogP contribution in [-0.2, 0) is 10.8 Å². The molecule has 2 nitrogen and oxygen atoms in total. The molecule has 0 radical (unpaired) electrons. The van der Waals surface area contributed by atoms with Crippen LogP contribution in [0.3, 0.4) is 0 Å². The van der Waals surface area contributed by atoms with Crippen molar-refractivity contribution < 1.29 is 5.11 Å². The summed E-state index contributed by atoms with van der Waals surface area (Å²) in [6.07, 6.45) is 3.92. The summed E-state index contributed by atoms with van der Waals surface area (Å²) in [7, 11) is 0. The first kappa shape index (κ1) is 14.7. The quantitative estimate of drug-likeness (QED) is 0.753. The predicted octanol–water partition coefficient (Wildman–Crippen LogP) is 4.98. The Balaban J connectivity index is 2.74. The number of hydrogen-bond acceptors (Lipinski definition) is 1.